The average molecular weight is 330 g/mol. The Labute approximate surface area is 145 Å². The second-order valence-corrected chi connectivity index (χ2v) is 7.00. The average Bonchev–Trinajstić information content (AvgIpc) is 2.59. The summed E-state index contributed by atoms with van der Waals surface area (Å²) in [5.41, 5.74) is 7.73. The van der Waals surface area contributed by atoms with E-state index in [0.29, 0.717) is 18.4 Å². The zero-order valence-corrected chi connectivity index (χ0v) is 14.8. The molecule has 2 rings (SSSR count). The fourth-order valence-electron chi connectivity index (χ4n) is 2.90. The predicted molar refractivity (Wildman–Crippen MR) is 99.8 cm³/mol. The molecule has 1 aromatic rings. The van der Waals surface area contributed by atoms with Crippen molar-refractivity contribution in [1.82, 2.24) is 5.32 Å². The molecule has 0 heterocycles. The van der Waals surface area contributed by atoms with E-state index in [1.807, 2.05) is 24.3 Å². The molecule has 5 nitrogen and oxygen atoms in total. The molecule has 0 aromatic heterocycles. The molecule has 5 heteroatoms. The number of aliphatic imine (C=N–C) groups is 1. The molecule has 132 valence electrons. The Bertz CT molecular complexity index is 562. The first kappa shape index (κ1) is 18.3. The summed E-state index contributed by atoms with van der Waals surface area (Å²) in [5.74, 6) is 1.29. The molecule has 4 N–H and O–H groups in total. The number of guanidine groups is 1. The quantitative estimate of drug-likeness (QED) is 0.553. The van der Waals surface area contributed by atoms with Crippen LogP contribution in [0.1, 0.15) is 51.5 Å². The SMILES string of the molecule is CC(C)CNC(N)=NCc1cccc(NC(=O)C2CCCCC2)c1. The highest BCUT2D eigenvalue weighted by molar-refractivity contribution is 5.92. The molecule has 24 heavy (non-hydrogen) atoms. The molecule has 0 radical (unpaired) electrons. The van der Waals surface area contributed by atoms with Gasteiger partial charge in [0.1, 0.15) is 0 Å². The van der Waals surface area contributed by atoms with Crippen LogP contribution < -0.4 is 16.4 Å². The van der Waals surface area contributed by atoms with Crippen molar-refractivity contribution in [2.24, 2.45) is 22.6 Å². The Morgan fingerprint density at radius 3 is 2.75 bits per heavy atom. The van der Waals surface area contributed by atoms with Gasteiger partial charge in [-0.3, -0.25) is 4.79 Å². The van der Waals surface area contributed by atoms with Crippen molar-refractivity contribution >= 4 is 17.6 Å². The number of carbonyl (C=O) groups is 1. The van der Waals surface area contributed by atoms with Gasteiger partial charge >= 0.3 is 0 Å². The van der Waals surface area contributed by atoms with E-state index < -0.39 is 0 Å². The number of nitrogens with zero attached hydrogens (tertiary/aromatic N) is 1. The standard InChI is InChI=1S/C19H30N4O/c1-14(2)12-21-19(20)22-13-15-7-6-10-17(11-15)23-18(24)16-8-4-3-5-9-16/h6-7,10-11,14,16H,3-5,8-9,12-13H2,1-2H3,(H,23,24)(H3,20,21,22). The third kappa shape index (κ3) is 6.22. The lowest BCUT2D eigenvalue weighted by atomic mass is 9.88. The maximum atomic E-state index is 12.3. The van der Waals surface area contributed by atoms with Gasteiger partial charge in [0.05, 0.1) is 6.54 Å². The van der Waals surface area contributed by atoms with E-state index in [4.69, 9.17) is 5.73 Å². The highest BCUT2D eigenvalue weighted by atomic mass is 16.1. The van der Waals surface area contributed by atoms with E-state index in [0.717, 1.165) is 43.5 Å². The normalized spacial score (nSPS) is 16.2. The molecule has 0 bridgehead atoms. The number of benzene rings is 1. The number of hydrogen-bond donors (Lipinski definition) is 3. The minimum Gasteiger partial charge on any atom is -0.370 e. The summed E-state index contributed by atoms with van der Waals surface area (Å²) in [6.45, 7) is 5.56. The highest BCUT2D eigenvalue weighted by Gasteiger charge is 2.20. The molecule has 1 aliphatic carbocycles. The van der Waals surface area contributed by atoms with Gasteiger partial charge in [0.2, 0.25) is 5.91 Å². The van der Waals surface area contributed by atoms with Crippen molar-refractivity contribution in [2.45, 2.75) is 52.5 Å². The molecule has 1 aromatic carbocycles. The number of nitrogens with two attached hydrogens (primary N) is 1. The molecule has 0 saturated heterocycles. The van der Waals surface area contributed by atoms with Gasteiger partial charge in [0.15, 0.2) is 5.96 Å². The summed E-state index contributed by atoms with van der Waals surface area (Å²) in [7, 11) is 0. The summed E-state index contributed by atoms with van der Waals surface area (Å²) in [5, 5.41) is 6.15. The number of nitrogens with one attached hydrogen (secondary N) is 2. The zero-order chi connectivity index (χ0) is 17.4. The Balaban J connectivity index is 1.88. The summed E-state index contributed by atoms with van der Waals surface area (Å²) in [4.78, 5) is 16.7. The Hall–Kier alpha value is -2.04. The van der Waals surface area contributed by atoms with E-state index in [2.05, 4.69) is 29.5 Å². The van der Waals surface area contributed by atoms with Crippen molar-refractivity contribution < 1.29 is 4.79 Å². The minimum atomic E-state index is 0.147. The van der Waals surface area contributed by atoms with Crippen LogP contribution in [-0.4, -0.2) is 18.4 Å². The fraction of sp³-hybridized carbons (Fsp3) is 0.579. The van der Waals surface area contributed by atoms with Gasteiger partial charge in [-0.1, -0.05) is 45.2 Å². The lowest BCUT2D eigenvalue weighted by molar-refractivity contribution is -0.120. The van der Waals surface area contributed by atoms with Crippen LogP contribution in [0, 0.1) is 11.8 Å². The summed E-state index contributed by atoms with van der Waals surface area (Å²) in [6.07, 6.45) is 5.59. The fourth-order valence-corrected chi connectivity index (χ4v) is 2.90. The molecule has 1 fully saturated rings. The van der Waals surface area contributed by atoms with Gasteiger partial charge in [0, 0.05) is 18.2 Å². The topological polar surface area (TPSA) is 79.5 Å². The number of anilines is 1. The van der Waals surface area contributed by atoms with Crippen molar-refractivity contribution in [3.8, 4) is 0 Å². The van der Waals surface area contributed by atoms with Crippen LogP contribution in [-0.2, 0) is 11.3 Å². The maximum absolute atomic E-state index is 12.3. The molecule has 1 saturated carbocycles. The third-order valence-corrected chi connectivity index (χ3v) is 4.29. The van der Waals surface area contributed by atoms with E-state index in [1.54, 1.807) is 0 Å². The van der Waals surface area contributed by atoms with Crippen LogP contribution in [0.5, 0.6) is 0 Å². The van der Waals surface area contributed by atoms with Gasteiger partial charge in [-0.2, -0.15) is 0 Å². The second-order valence-electron chi connectivity index (χ2n) is 7.00. The monoisotopic (exact) mass is 330 g/mol. The van der Waals surface area contributed by atoms with Crippen LogP contribution >= 0.6 is 0 Å². The second kappa shape index (κ2) is 9.30. The van der Waals surface area contributed by atoms with E-state index >= 15 is 0 Å². The number of hydrogen-bond acceptors (Lipinski definition) is 2. The Morgan fingerprint density at radius 1 is 1.29 bits per heavy atom. The van der Waals surface area contributed by atoms with Crippen molar-refractivity contribution in [3.63, 3.8) is 0 Å². The molecule has 0 spiro atoms. The predicted octanol–water partition coefficient (Wildman–Crippen LogP) is 3.27. The molecule has 1 amide bonds. The van der Waals surface area contributed by atoms with Crippen LogP contribution in [0.3, 0.4) is 0 Å². The number of carbonyl (C=O) groups excluding carboxylic acids is 1. The van der Waals surface area contributed by atoms with Gasteiger partial charge in [-0.15, -0.1) is 0 Å². The van der Waals surface area contributed by atoms with Gasteiger partial charge < -0.3 is 16.4 Å². The van der Waals surface area contributed by atoms with E-state index in [-0.39, 0.29) is 11.8 Å². The molecule has 0 aliphatic heterocycles. The van der Waals surface area contributed by atoms with E-state index in [1.165, 1.54) is 6.42 Å². The molecule has 0 atom stereocenters. The minimum absolute atomic E-state index is 0.147. The van der Waals surface area contributed by atoms with Crippen molar-refractivity contribution in [2.75, 3.05) is 11.9 Å². The first-order valence-corrected chi connectivity index (χ1v) is 8.98. The van der Waals surface area contributed by atoms with Gasteiger partial charge in [-0.25, -0.2) is 4.99 Å². The highest BCUT2D eigenvalue weighted by Crippen LogP contribution is 2.25. The first-order chi connectivity index (χ1) is 11.5. The van der Waals surface area contributed by atoms with Crippen LogP contribution in [0.2, 0.25) is 0 Å². The summed E-state index contributed by atoms with van der Waals surface area (Å²) >= 11 is 0. The van der Waals surface area contributed by atoms with Crippen molar-refractivity contribution in [1.29, 1.82) is 0 Å². The largest absolute Gasteiger partial charge is 0.370 e. The van der Waals surface area contributed by atoms with E-state index in [9.17, 15) is 4.79 Å². The van der Waals surface area contributed by atoms with Crippen LogP contribution in [0.25, 0.3) is 0 Å². The number of amides is 1. The molecular formula is C19H30N4O. The Kier molecular flexibility index (Phi) is 7.09. The molecule has 0 unspecified atom stereocenters. The lowest BCUT2D eigenvalue weighted by Gasteiger charge is -2.20. The third-order valence-electron chi connectivity index (χ3n) is 4.29. The van der Waals surface area contributed by atoms with Crippen molar-refractivity contribution in [3.05, 3.63) is 29.8 Å². The molecular weight excluding hydrogens is 300 g/mol. The number of rotatable bonds is 6. The molecule has 1 aliphatic rings. The first-order valence-electron chi connectivity index (χ1n) is 8.98. The summed E-state index contributed by atoms with van der Waals surface area (Å²) in [6, 6.07) is 7.84. The van der Waals surface area contributed by atoms with Gasteiger partial charge in [0.25, 0.3) is 0 Å². The Morgan fingerprint density at radius 2 is 2.04 bits per heavy atom. The smallest absolute Gasteiger partial charge is 0.227 e. The van der Waals surface area contributed by atoms with Crippen LogP contribution in [0.15, 0.2) is 29.3 Å². The summed E-state index contributed by atoms with van der Waals surface area (Å²) < 4.78 is 0. The van der Waals surface area contributed by atoms with Gasteiger partial charge in [-0.05, 0) is 36.5 Å². The maximum Gasteiger partial charge on any atom is 0.227 e. The lowest BCUT2D eigenvalue weighted by Crippen LogP contribution is -2.34. The zero-order valence-electron chi connectivity index (χ0n) is 14.8. The van der Waals surface area contributed by atoms with Crippen LogP contribution in [0.4, 0.5) is 5.69 Å².